The van der Waals surface area contributed by atoms with Crippen LogP contribution in [0.15, 0.2) is 73.3 Å². The normalized spacial score (nSPS) is 16.3. The van der Waals surface area contributed by atoms with E-state index in [2.05, 4.69) is 46.9 Å². The zero-order valence-corrected chi connectivity index (χ0v) is 40.0. The highest BCUT2D eigenvalue weighted by Gasteiger charge is 2.35. The molecule has 1 fully saturated rings. The van der Waals surface area contributed by atoms with Crippen LogP contribution in [0.5, 0.6) is 0 Å². The molecular weight excluding hydrogens is 919 g/mol. The highest BCUT2D eigenvalue weighted by Crippen LogP contribution is 2.20. The number of aromatic amines is 2. The average molecular weight is 984 g/mol. The van der Waals surface area contributed by atoms with Crippen molar-refractivity contribution in [3.63, 3.8) is 0 Å². The summed E-state index contributed by atoms with van der Waals surface area (Å²) in [6.45, 7) is 4.73. The van der Waals surface area contributed by atoms with Crippen molar-refractivity contribution in [2.45, 2.75) is 121 Å². The van der Waals surface area contributed by atoms with Crippen molar-refractivity contribution in [2.75, 3.05) is 13.1 Å². The molecule has 1 aliphatic heterocycles. The molecule has 0 bridgehead atoms. The van der Waals surface area contributed by atoms with Crippen LogP contribution in [0.2, 0.25) is 0 Å². The lowest BCUT2D eigenvalue weighted by Gasteiger charge is -2.27. The molecule has 9 amide bonds. The molecule has 3 heterocycles. The van der Waals surface area contributed by atoms with E-state index in [1.54, 1.807) is 35.9 Å². The summed E-state index contributed by atoms with van der Waals surface area (Å²) in [6.07, 6.45) is 5.48. The molecular formula is C48H65N13O10. The third-order valence-electron chi connectivity index (χ3n) is 11.9. The number of primary amides is 1. The van der Waals surface area contributed by atoms with E-state index < -0.39 is 102 Å². The number of rotatable bonds is 25. The molecule has 5 rings (SSSR count). The van der Waals surface area contributed by atoms with Gasteiger partial charge < -0.3 is 58.2 Å². The van der Waals surface area contributed by atoms with Crippen molar-refractivity contribution in [1.29, 1.82) is 0 Å². The minimum atomic E-state index is -1.33. The van der Waals surface area contributed by atoms with Crippen LogP contribution in [0.4, 0.5) is 0 Å². The monoisotopic (exact) mass is 983 g/mol. The molecule has 23 heteroatoms. The summed E-state index contributed by atoms with van der Waals surface area (Å²) in [5, 5.41) is 25.9. The van der Waals surface area contributed by atoms with Gasteiger partial charge in [-0.05, 0) is 68.6 Å². The molecule has 4 aromatic rings. The molecule has 71 heavy (non-hydrogen) atoms. The highest BCUT2D eigenvalue weighted by atomic mass is 16.5. The zero-order chi connectivity index (χ0) is 51.6. The molecule has 0 radical (unpaired) electrons. The van der Waals surface area contributed by atoms with Gasteiger partial charge in [0, 0.05) is 54.8 Å². The Labute approximate surface area is 410 Å². The fraction of sp³-hybridized carbons (Fsp3) is 0.458. The summed E-state index contributed by atoms with van der Waals surface area (Å²) in [6, 6.07) is 7.89. The number of nitrogens with two attached hydrogens (primary N) is 2. The van der Waals surface area contributed by atoms with Gasteiger partial charge in [0.15, 0.2) is 0 Å². The molecule has 14 N–H and O–H groups in total. The van der Waals surface area contributed by atoms with Gasteiger partial charge in [-0.2, -0.15) is 0 Å². The van der Waals surface area contributed by atoms with E-state index in [0.29, 0.717) is 24.1 Å². The number of para-hydroxylation sites is 1. The lowest BCUT2D eigenvalue weighted by atomic mass is 10.0. The number of fused-ring (bicyclic) bond motifs is 1. The second-order valence-corrected chi connectivity index (χ2v) is 18.1. The van der Waals surface area contributed by atoms with Crippen LogP contribution in [-0.4, -0.2) is 134 Å². The van der Waals surface area contributed by atoms with E-state index >= 15 is 0 Å². The maximum Gasteiger partial charge on any atom is 0.265 e. The van der Waals surface area contributed by atoms with Crippen LogP contribution >= 0.6 is 0 Å². The summed E-state index contributed by atoms with van der Waals surface area (Å²) in [5.41, 5.74) is 15.9. The van der Waals surface area contributed by atoms with Crippen molar-refractivity contribution in [3.8, 4) is 0 Å². The summed E-state index contributed by atoms with van der Waals surface area (Å²) < 4.78 is 0. The van der Waals surface area contributed by atoms with Crippen LogP contribution in [0.25, 0.3) is 10.9 Å². The number of carbonyl (C=O) groups is 9. The number of carbonyl (C=O) groups excluding carboxylic acids is 9. The molecule has 1 aliphatic rings. The maximum atomic E-state index is 14.2. The third kappa shape index (κ3) is 16.5. The SMILES string of the molecule is CC(C)C[C@@H](NC(=O)[C@H](Cc1cnc[nH]1)NC(=O)CN1CCCC[C@H](NC(=O)[C@H](C)NC(=O)[C@H](Cc2c[nH]c3ccccc23)NC(=O)[C@H](CCC(N)=O)NC(=O)[C@H](N)Cc2ccccc2)C1=O)C(=O)NO. The molecule has 2 aromatic carbocycles. The fourth-order valence-corrected chi connectivity index (χ4v) is 8.16. The Kier molecular flexibility index (Phi) is 20.1. The first-order chi connectivity index (χ1) is 33.9. The predicted molar refractivity (Wildman–Crippen MR) is 258 cm³/mol. The smallest absolute Gasteiger partial charge is 0.265 e. The van der Waals surface area contributed by atoms with Gasteiger partial charge in [0.25, 0.3) is 5.91 Å². The third-order valence-corrected chi connectivity index (χ3v) is 11.9. The number of hydroxylamine groups is 1. The standard InChI is InChI=1S/C48H65N13O10/c1-27(2)19-37(47(69)60-71)58-46(68)39(22-31-24-51-26-53-31)55-41(63)25-61-18-10-9-15-36(48(61)70)57-42(64)28(3)54-45(67)38(21-30-23-52-34-14-8-7-13-32(30)34)59-44(66)35(16-17-40(50)62)56-43(65)33(49)20-29-11-5-4-6-12-29/h4-8,11-14,23-24,26-28,33,35-39,52,71H,9-10,15-22,25,49H2,1-3H3,(H2,50,62)(H,51,53)(H,54,67)(H,55,63)(H,56,65)(H,57,64)(H,58,68)(H,59,66)(H,60,69)/t28-,33+,35-,36-,37+,38-,39-/m0/s1. The lowest BCUT2D eigenvalue weighted by molar-refractivity contribution is -0.140. The summed E-state index contributed by atoms with van der Waals surface area (Å²) in [4.78, 5) is 132. The van der Waals surface area contributed by atoms with E-state index in [1.807, 2.05) is 44.2 Å². The first-order valence-electron chi connectivity index (χ1n) is 23.6. The van der Waals surface area contributed by atoms with Gasteiger partial charge in [-0.15, -0.1) is 0 Å². The maximum absolute atomic E-state index is 14.2. The largest absolute Gasteiger partial charge is 0.370 e. The highest BCUT2D eigenvalue weighted by molar-refractivity contribution is 5.98. The van der Waals surface area contributed by atoms with Crippen LogP contribution in [-0.2, 0) is 62.4 Å². The molecule has 23 nitrogen and oxygen atoms in total. The number of nitrogens with one attached hydrogen (secondary N) is 9. The summed E-state index contributed by atoms with van der Waals surface area (Å²) >= 11 is 0. The molecule has 382 valence electrons. The van der Waals surface area contributed by atoms with Crippen LogP contribution in [0.1, 0.15) is 76.1 Å². The Balaban J connectivity index is 1.26. The molecule has 0 unspecified atom stereocenters. The Morgan fingerprint density at radius 3 is 2.11 bits per heavy atom. The number of benzene rings is 2. The quantitative estimate of drug-likeness (QED) is 0.0281. The van der Waals surface area contributed by atoms with Gasteiger partial charge in [0.05, 0.1) is 18.9 Å². The molecule has 0 saturated carbocycles. The molecule has 0 aliphatic carbocycles. The van der Waals surface area contributed by atoms with Gasteiger partial charge in [0.2, 0.25) is 47.3 Å². The van der Waals surface area contributed by atoms with E-state index in [-0.39, 0.29) is 57.4 Å². The van der Waals surface area contributed by atoms with E-state index in [4.69, 9.17) is 11.5 Å². The van der Waals surface area contributed by atoms with Crippen LogP contribution < -0.4 is 48.8 Å². The Morgan fingerprint density at radius 1 is 0.761 bits per heavy atom. The second kappa shape index (κ2) is 26.4. The zero-order valence-electron chi connectivity index (χ0n) is 40.0. The minimum absolute atomic E-state index is 0.0430. The minimum Gasteiger partial charge on any atom is -0.370 e. The number of H-pyrrole nitrogens is 2. The predicted octanol–water partition coefficient (Wildman–Crippen LogP) is -0.996. The van der Waals surface area contributed by atoms with Crippen LogP contribution in [0, 0.1) is 5.92 Å². The van der Waals surface area contributed by atoms with E-state index in [0.717, 1.165) is 16.5 Å². The fourth-order valence-electron chi connectivity index (χ4n) is 8.16. The van der Waals surface area contributed by atoms with Crippen molar-refractivity contribution in [1.82, 2.24) is 57.2 Å². The average Bonchev–Trinajstić information content (AvgIpc) is 3.98. The van der Waals surface area contributed by atoms with Crippen molar-refractivity contribution in [3.05, 3.63) is 90.1 Å². The topological polar surface area (TPSA) is 358 Å². The number of aromatic nitrogens is 3. The van der Waals surface area contributed by atoms with Gasteiger partial charge in [-0.1, -0.05) is 62.4 Å². The number of hydrogen-bond acceptors (Lipinski definition) is 12. The van der Waals surface area contributed by atoms with E-state index in [9.17, 15) is 48.4 Å². The Hall–Kier alpha value is -7.66. The Bertz CT molecular complexity index is 2480. The number of imidazole rings is 1. The van der Waals surface area contributed by atoms with Gasteiger partial charge >= 0.3 is 0 Å². The van der Waals surface area contributed by atoms with Crippen molar-refractivity contribution in [2.24, 2.45) is 17.4 Å². The summed E-state index contributed by atoms with van der Waals surface area (Å²) in [7, 11) is 0. The molecule has 1 saturated heterocycles. The molecule has 2 aromatic heterocycles. The molecule has 0 spiro atoms. The van der Waals surface area contributed by atoms with Gasteiger partial charge in [0.1, 0.15) is 36.3 Å². The van der Waals surface area contributed by atoms with E-state index in [1.165, 1.54) is 24.3 Å². The van der Waals surface area contributed by atoms with Gasteiger partial charge in [-0.25, -0.2) is 10.5 Å². The van der Waals surface area contributed by atoms with Crippen LogP contribution in [0.3, 0.4) is 0 Å². The summed E-state index contributed by atoms with van der Waals surface area (Å²) in [5.74, 6) is -6.60. The second-order valence-electron chi connectivity index (χ2n) is 18.1. The van der Waals surface area contributed by atoms with Gasteiger partial charge in [-0.3, -0.25) is 48.4 Å². The Morgan fingerprint density at radius 2 is 1.42 bits per heavy atom. The van der Waals surface area contributed by atoms with Crippen molar-refractivity contribution < 1.29 is 48.4 Å². The lowest BCUT2D eigenvalue weighted by Crippen LogP contribution is -2.59. The molecule has 7 atom stereocenters. The van der Waals surface area contributed by atoms with Crippen molar-refractivity contribution >= 4 is 64.1 Å². The first-order valence-corrected chi connectivity index (χ1v) is 23.6. The number of likely N-dealkylation sites (tertiary alicyclic amines) is 1. The number of amides is 9. The number of nitrogens with zero attached hydrogens (tertiary/aromatic N) is 2. The first kappa shape index (κ1) is 54.3. The number of hydrogen-bond donors (Lipinski definition) is 12.